The van der Waals surface area contributed by atoms with Crippen LogP contribution in [0.15, 0.2) is 42.5 Å². The summed E-state index contributed by atoms with van der Waals surface area (Å²) in [6, 6.07) is 12.1. The molecule has 0 bridgehead atoms. The molecule has 3 rings (SSSR count). The van der Waals surface area contributed by atoms with E-state index in [2.05, 4.69) is 20.8 Å². The molecule has 0 spiro atoms. The number of nitrogens with zero attached hydrogens (tertiary/aromatic N) is 4. The number of aryl methyl sites for hydroxylation is 1. The average molecular weight is 357 g/mol. The Labute approximate surface area is 150 Å². The molecule has 0 fully saturated rings. The lowest BCUT2D eigenvalue weighted by Gasteiger charge is -2.13. The van der Waals surface area contributed by atoms with Crippen molar-refractivity contribution in [3.8, 4) is 11.5 Å². The van der Waals surface area contributed by atoms with Crippen LogP contribution in [0.3, 0.4) is 0 Å². The second-order valence-electron chi connectivity index (χ2n) is 5.54. The van der Waals surface area contributed by atoms with E-state index in [0.29, 0.717) is 36.1 Å². The van der Waals surface area contributed by atoms with Gasteiger partial charge in [-0.1, -0.05) is 29.4 Å². The lowest BCUT2D eigenvalue weighted by Crippen LogP contribution is -2.08. The predicted molar refractivity (Wildman–Crippen MR) is 94.5 cm³/mol. The number of ether oxygens (including phenoxy) is 2. The van der Waals surface area contributed by atoms with Gasteiger partial charge in [-0.25, -0.2) is 9.07 Å². The van der Waals surface area contributed by atoms with Crippen LogP contribution in [0.5, 0.6) is 11.5 Å². The minimum absolute atomic E-state index is 0.131. The highest BCUT2D eigenvalue weighted by molar-refractivity contribution is 5.44. The number of nitrogens with one attached hydrogen (secondary N) is 1. The van der Waals surface area contributed by atoms with Crippen molar-refractivity contribution in [3.63, 3.8) is 0 Å². The van der Waals surface area contributed by atoms with Crippen LogP contribution in [0, 0.1) is 5.82 Å². The number of tetrazole rings is 1. The third-order valence-corrected chi connectivity index (χ3v) is 3.85. The summed E-state index contributed by atoms with van der Waals surface area (Å²) < 4.78 is 26.5. The zero-order chi connectivity index (χ0) is 18.4. The Balaban J connectivity index is 1.66. The SMILES string of the molecule is CCn1nnnc1NCc1ccc(OCc2ccccc2F)c(OC)c1. The molecule has 2 aromatic carbocycles. The summed E-state index contributed by atoms with van der Waals surface area (Å²) in [6.07, 6.45) is 0. The van der Waals surface area contributed by atoms with Gasteiger partial charge in [0.25, 0.3) is 0 Å². The number of rotatable bonds is 8. The van der Waals surface area contributed by atoms with Crippen molar-refractivity contribution < 1.29 is 13.9 Å². The molecule has 0 saturated carbocycles. The minimum Gasteiger partial charge on any atom is -0.493 e. The maximum absolute atomic E-state index is 13.7. The van der Waals surface area contributed by atoms with Gasteiger partial charge in [-0.2, -0.15) is 0 Å². The van der Waals surface area contributed by atoms with E-state index in [1.807, 2.05) is 19.1 Å². The van der Waals surface area contributed by atoms with Crippen LogP contribution in [-0.4, -0.2) is 27.3 Å². The fourth-order valence-corrected chi connectivity index (χ4v) is 2.44. The maximum Gasteiger partial charge on any atom is 0.243 e. The van der Waals surface area contributed by atoms with Gasteiger partial charge in [-0.15, -0.1) is 0 Å². The molecule has 0 unspecified atom stereocenters. The highest BCUT2D eigenvalue weighted by atomic mass is 19.1. The van der Waals surface area contributed by atoms with E-state index < -0.39 is 0 Å². The summed E-state index contributed by atoms with van der Waals surface area (Å²) in [6.45, 7) is 3.31. The van der Waals surface area contributed by atoms with E-state index in [9.17, 15) is 4.39 Å². The molecule has 1 heterocycles. The predicted octanol–water partition coefficient (Wildman–Crippen LogP) is 3.03. The molecule has 0 aliphatic rings. The van der Waals surface area contributed by atoms with Crippen molar-refractivity contribution in [3.05, 3.63) is 59.4 Å². The van der Waals surface area contributed by atoms with E-state index >= 15 is 0 Å². The molecule has 7 nitrogen and oxygen atoms in total. The molecule has 0 atom stereocenters. The molecule has 0 aliphatic carbocycles. The third-order valence-electron chi connectivity index (χ3n) is 3.85. The maximum atomic E-state index is 13.7. The first-order valence-electron chi connectivity index (χ1n) is 8.24. The van der Waals surface area contributed by atoms with Crippen molar-refractivity contribution in [2.45, 2.75) is 26.6 Å². The average Bonchev–Trinajstić information content (AvgIpc) is 3.13. The first-order chi connectivity index (χ1) is 12.7. The van der Waals surface area contributed by atoms with Gasteiger partial charge in [0, 0.05) is 18.7 Å². The Morgan fingerprint density at radius 3 is 2.77 bits per heavy atom. The van der Waals surface area contributed by atoms with Crippen LogP contribution in [0.1, 0.15) is 18.1 Å². The van der Waals surface area contributed by atoms with Crippen LogP contribution in [0.2, 0.25) is 0 Å². The fourth-order valence-electron chi connectivity index (χ4n) is 2.44. The summed E-state index contributed by atoms with van der Waals surface area (Å²) in [4.78, 5) is 0. The second kappa shape index (κ2) is 8.28. The molecular formula is C18H20FN5O2. The first kappa shape index (κ1) is 17.7. The van der Waals surface area contributed by atoms with Gasteiger partial charge in [-0.05, 0) is 41.1 Å². The molecule has 1 N–H and O–H groups in total. The summed E-state index contributed by atoms with van der Waals surface area (Å²) >= 11 is 0. The van der Waals surface area contributed by atoms with Crippen LogP contribution >= 0.6 is 0 Å². The Hall–Kier alpha value is -3.16. The van der Waals surface area contributed by atoms with Gasteiger partial charge in [-0.3, -0.25) is 0 Å². The number of methoxy groups -OCH3 is 1. The lowest BCUT2D eigenvalue weighted by molar-refractivity contribution is 0.279. The van der Waals surface area contributed by atoms with E-state index in [4.69, 9.17) is 9.47 Å². The molecule has 0 saturated heterocycles. The fraction of sp³-hybridized carbons (Fsp3) is 0.278. The van der Waals surface area contributed by atoms with Gasteiger partial charge >= 0.3 is 0 Å². The van der Waals surface area contributed by atoms with Gasteiger partial charge < -0.3 is 14.8 Å². The number of anilines is 1. The zero-order valence-electron chi connectivity index (χ0n) is 14.6. The smallest absolute Gasteiger partial charge is 0.243 e. The van der Waals surface area contributed by atoms with Crippen molar-refractivity contribution >= 4 is 5.95 Å². The largest absolute Gasteiger partial charge is 0.493 e. The summed E-state index contributed by atoms with van der Waals surface area (Å²) in [5.74, 6) is 1.45. The van der Waals surface area contributed by atoms with Gasteiger partial charge in [0.15, 0.2) is 11.5 Å². The van der Waals surface area contributed by atoms with Crippen molar-refractivity contribution in [1.29, 1.82) is 0 Å². The van der Waals surface area contributed by atoms with Crippen molar-refractivity contribution in [1.82, 2.24) is 20.2 Å². The minimum atomic E-state index is -0.291. The van der Waals surface area contributed by atoms with Crippen LogP contribution in [0.4, 0.5) is 10.3 Å². The molecule has 0 radical (unpaired) electrons. The van der Waals surface area contributed by atoms with Gasteiger partial charge in [0.2, 0.25) is 5.95 Å². The molecular weight excluding hydrogens is 337 g/mol. The number of aromatic nitrogens is 4. The Bertz CT molecular complexity index is 868. The highest BCUT2D eigenvalue weighted by Crippen LogP contribution is 2.29. The summed E-state index contributed by atoms with van der Waals surface area (Å²) in [5, 5.41) is 14.6. The first-order valence-corrected chi connectivity index (χ1v) is 8.24. The number of benzene rings is 2. The zero-order valence-corrected chi connectivity index (χ0v) is 14.6. The van der Waals surface area contributed by atoms with Crippen LogP contribution in [0.25, 0.3) is 0 Å². The Morgan fingerprint density at radius 2 is 2.00 bits per heavy atom. The number of halogens is 1. The van der Waals surface area contributed by atoms with Crippen LogP contribution < -0.4 is 14.8 Å². The molecule has 8 heteroatoms. The van der Waals surface area contributed by atoms with Crippen molar-refractivity contribution in [2.24, 2.45) is 0 Å². The molecule has 1 aromatic heterocycles. The van der Waals surface area contributed by atoms with E-state index in [1.54, 1.807) is 36.1 Å². The molecule has 0 amide bonds. The Kier molecular flexibility index (Phi) is 5.62. The number of hydrogen-bond acceptors (Lipinski definition) is 6. The van der Waals surface area contributed by atoms with Gasteiger partial charge in [0.05, 0.1) is 7.11 Å². The van der Waals surface area contributed by atoms with E-state index in [-0.39, 0.29) is 12.4 Å². The standard InChI is InChI=1S/C18H20FN5O2/c1-3-24-18(21-22-23-24)20-11-13-8-9-16(17(10-13)25-2)26-12-14-6-4-5-7-15(14)19/h4-10H,3,11-12H2,1-2H3,(H,20,21,23). The molecule has 26 heavy (non-hydrogen) atoms. The molecule has 136 valence electrons. The molecule has 3 aromatic rings. The van der Waals surface area contributed by atoms with Gasteiger partial charge in [0.1, 0.15) is 12.4 Å². The quantitative estimate of drug-likeness (QED) is 0.668. The third kappa shape index (κ3) is 4.08. The second-order valence-corrected chi connectivity index (χ2v) is 5.54. The number of hydrogen-bond donors (Lipinski definition) is 1. The van der Waals surface area contributed by atoms with Crippen LogP contribution in [-0.2, 0) is 19.7 Å². The monoisotopic (exact) mass is 357 g/mol. The van der Waals surface area contributed by atoms with Crippen molar-refractivity contribution in [2.75, 3.05) is 12.4 Å². The highest BCUT2D eigenvalue weighted by Gasteiger charge is 2.09. The van der Waals surface area contributed by atoms with E-state index in [0.717, 1.165) is 5.56 Å². The normalized spacial score (nSPS) is 10.6. The lowest BCUT2D eigenvalue weighted by atomic mass is 10.2. The topological polar surface area (TPSA) is 74.1 Å². The Morgan fingerprint density at radius 1 is 1.15 bits per heavy atom. The summed E-state index contributed by atoms with van der Waals surface area (Å²) in [5.41, 5.74) is 1.47. The molecule has 0 aliphatic heterocycles. The summed E-state index contributed by atoms with van der Waals surface area (Å²) in [7, 11) is 1.57. The van der Waals surface area contributed by atoms with E-state index in [1.165, 1.54) is 6.07 Å².